The zero-order chi connectivity index (χ0) is 23.7. The summed E-state index contributed by atoms with van der Waals surface area (Å²) in [6.45, 7) is 5.09. The second-order valence-corrected chi connectivity index (χ2v) is 6.76. The Balaban J connectivity index is -0.000000212. The van der Waals surface area contributed by atoms with E-state index >= 15 is 0 Å². The van der Waals surface area contributed by atoms with Gasteiger partial charge in [-0.25, -0.2) is 0 Å². The van der Waals surface area contributed by atoms with Crippen LogP contribution in [0, 0.1) is 5.41 Å². The fraction of sp³-hybridized carbons (Fsp3) is 0.850. The first kappa shape index (κ1) is 34.8. The molecule has 0 radical (unpaired) electrons. The summed E-state index contributed by atoms with van der Waals surface area (Å²) in [5.74, 6) is -2.50. The first-order valence-corrected chi connectivity index (χ1v) is 9.85. The fourth-order valence-corrected chi connectivity index (χ4v) is 2.02. The van der Waals surface area contributed by atoms with E-state index < -0.39 is 23.3 Å². The van der Waals surface area contributed by atoms with Gasteiger partial charge in [0.05, 0.1) is 19.8 Å². The fourth-order valence-electron chi connectivity index (χ4n) is 2.02. The van der Waals surface area contributed by atoms with Crippen LogP contribution in [0.3, 0.4) is 0 Å². The summed E-state index contributed by atoms with van der Waals surface area (Å²) < 4.78 is 0. The van der Waals surface area contributed by atoms with E-state index in [9.17, 15) is 0 Å². The van der Waals surface area contributed by atoms with E-state index in [4.69, 9.17) is 45.0 Å². The molecule has 0 amide bonds. The quantitative estimate of drug-likeness (QED) is 0.256. The lowest BCUT2D eigenvalue weighted by Gasteiger charge is -2.27. The van der Waals surface area contributed by atoms with Gasteiger partial charge in [0, 0.05) is 26.2 Å². The maximum Gasteiger partial charge on any atom is 0.300 e. The summed E-state index contributed by atoms with van der Waals surface area (Å²) in [6, 6.07) is 0. The van der Waals surface area contributed by atoms with Crippen molar-refractivity contribution in [2.24, 2.45) is 5.41 Å². The molecule has 0 saturated carbocycles. The molecule has 0 aromatic heterocycles. The molecule has 0 unspecified atom stereocenters. The van der Waals surface area contributed by atoms with Crippen molar-refractivity contribution < 1.29 is 45.0 Å². The second kappa shape index (κ2) is 26.3. The average molecular weight is 427 g/mol. The molecule has 9 nitrogen and oxygen atoms in total. The van der Waals surface area contributed by atoms with Crippen LogP contribution in [0.25, 0.3) is 0 Å². The van der Waals surface area contributed by atoms with E-state index in [1.807, 2.05) is 0 Å². The van der Waals surface area contributed by atoms with Gasteiger partial charge in [-0.05, 0) is 6.42 Å². The van der Waals surface area contributed by atoms with Crippen LogP contribution in [-0.2, 0) is 14.4 Å². The summed E-state index contributed by atoms with van der Waals surface area (Å²) in [5.41, 5.74) is -0.664. The molecule has 6 N–H and O–H groups in total. The zero-order valence-electron chi connectivity index (χ0n) is 18.4. The summed E-state index contributed by atoms with van der Waals surface area (Å²) in [7, 11) is 0. The molecule has 0 atom stereocenters. The molecule has 0 spiro atoms. The number of hydrogen-bond donors (Lipinski definition) is 6. The van der Waals surface area contributed by atoms with Gasteiger partial charge in [-0.3, -0.25) is 14.4 Å². The molecule has 0 fully saturated rings. The zero-order valence-corrected chi connectivity index (χ0v) is 18.4. The van der Waals surface area contributed by atoms with Crippen LogP contribution in [0.15, 0.2) is 0 Å². The number of carboxylic acid groups (broad SMARTS) is 3. The normalized spacial score (nSPS) is 9.62. The predicted octanol–water partition coefficient (Wildman–Crippen LogP) is 2.75. The highest BCUT2D eigenvalue weighted by molar-refractivity contribution is 5.63. The van der Waals surface area contributed by atoms with Crippen LogP contribution >= 0.6 is 0 Å². The highest BCUT2D eigenvalue weighted by Crippen LogP contribution is 2.23. The van der Waals surface area contributed by atoms with Crippen LogP contribution in [0.4, 0.5) is 0 Å². The van der Waals surface area contributed by atoms with Crippen LogP contribution in [0.1, 0.15) is 85.5 Å². The molecule has 0 aromatic carbocycles. The van der Waals surface area contributed by atoms with Crippen molar-refractivity contribution in [3.05, 3.63) is 0 Å². The highest BCUT2D eigenvalue weighted by Gasteiger charge is 2.26. The Kier molecular flexibility index (Phi) is 31.5. The molecule has 9 heteroatoms. The third-order valence-corrected chi connectivity index (χ3v) is 3.57. The molecule has 0 heterocycles. The monoisotopic (exact) mass is 426 g/mol. The highest BCUT2D eigenvalue weighted by atomic mass is 16.4. The van der Waals surface area contributed by atoms with Crippen LogP contribution in [0.5, 0.6) is 0 Å². The van der Waals surface area contributed by atoms with Gasteiger partial charge in [0.2, 0.25) is 0 Å². The van der Waals surface area contributed by atoms with Crippen molar-refractivity contribution in [1.29, 1.82) is 0 Å². The second-order valence-electron chi connectivity index (χ2n) is 6.76. The van der Waals surface area contributed by atoms with Crippen LogP contribution < -0.4 is 0 Å². The smallest absolute Gasteiger partial charge is 0.300 e. The Morgan fingerprint density at radius 3 is 1.07 bits per heavy atom. The Hall–Kier alpha value is -1.71. The van der Waals surface area contributed by atoms with Crippen LogP contribution in [-0.4, -0.2) is 68.4 Å². The van der Waals surface area contributed by atoms with E-state index in [1.54, 1.807) is 0 Å². The molecule has 0 rings (SSSR count). The molecule has 0 aliphatic rings. The van der Waals surface area contributed by atoms with Crippen molar-refractivity contribution in [3.8, 4) is 0 Å². The number of carboxylic acids is 3. The molecular weight excluding hydrogens is 384 g/mol. The van der Waals surface area contributed by atoms with E-state index in [1.165, 1.54) is 38.5 Å². The summed E-state index contributed by atoms with van der Waals surface area (Å²) >= 11 is 0. The van der Waals surface area contributed by atoms with E-state index in [0.29, 0.717) is 6.42 Å². The van der Waals surface area contributed by atoms with Crippen molar-refractivity contribution in [1.82, 2.24) is 0 Å². The van der Waals surface area contributed by atoms with E-state index in [2.05, 4.69) is 6.92 Å². The lowest BCUT2D eigenvalue weighted by Crippen LogP contribution is -2.33. The van der Waals surface area contributed by atoms with E-state index in [0.717, 1.165) is 33.6 Å². The van der Waals surface area contributed by atoms with Gasteiger partial charge in [-0.15, -0.1) is 0 Å². The summed E-state index contributed by atoms with van der Waals surface area (Å²) in [5, 5.41) is 49.7. The minimum atomic E-state index is -0.833. The van der Waals surface area contributed by atoms with Gasteiger partial charge in [-0.2, -0.15) is 0 Å². The number of aliphatic hydroxyl groups excluding tert-OH is 3. The standard InChI is InChI=1S/C14H30O3.3C2H4O2/c1-2-3-4-5-6-7-8-9-10-14(11-15,12-16)13-17;3*1-2(3)4/h15-17H,2-13H2,1H3;3*1H3,(H,3,4). The third-order valence-electron chi connectivity index (χ3n) is 3.57. The maximum absolute atomic E-state index is 9.16. The predicted molar refractivity (Wildman–Crippen MR) is 111 cm³/mol. The number of aliphatic carboxylic acids is 3. The van der Waals surface area contributed by atoms with Crippen molar-refractivity contribution in [2.45, 2.75) is 85.5 Å². The number of hydrogen-bond acceptors (Lipinski definition) is 6. The van der Waals surface area contributed by atoms with Crippen molar-refractivity contribution in [2.75, 3.05) is 19.8 Å². The molecule has 0 bridgehead atoms. The van der Waals surface area contributed by atoms with Gasteiger partial charge in [0.25, 0.3) is 17.9 Å². The number of carbonyl (C=O) groups is 3. The van der Waals surface area contributed by atoms with Crippen LogP contribution in [0.2, 0.25) is 0 Å². The topological polar surface area (TPSA) is 173 Å². The minimum Gasteiger partial charge on any atom is -0.481 e. The lowest BCUT2D eigenvalue weighted by atomic mass is 9.85. The molecule has 0 aliphatic heterocycles. The van der Waals surface area contributed by atoms with Gasteiger partial charge in [0.1, 0.15) is 0 Å². The molecule has 0 aromatic rings. The van der Waals surface area contributed by atoms with E-state index in [-0.39, 0.29) is 19.8 Å². The molecule has 0 saturated heterocycles. The minimum absolute atomic E-state index is 0.128. The third kappa shape index (κ3) is 46.4. The average Bonchev–Trinajstić information content (AvgIpc) is 2.60. The largest absolute Gasteiger partial charge is 0.481 e. The summed E-state index contributed by atoms with van der Waals surface area (Å²) in [4.78, 5) is 27.0. The first-order chi connectivity index (χ1) is 13.4. The Labute approximate surface area is 174 Å². The SMILES string of the molecule is CC(=O)O.CC(=O)O.CC(=O)O.CCCCCCCCCCC(CO)(CO)CO. The Bertz CT molecular complexity index is 331. The maximum atomic E-state index is 9.16. The molecular formula is C20H42O9. The van der Waals surface area contributed by atoms with Crippen molar-refractivity contribution in [3.63, 3.8) is 0 Å². The molecule has 0 aliphatic carbocycles. The Morgan fingerprint density at radius 1 is 0.586 bits per heavy atom. The molecule has 29 heavy (non-hydrogen) atoms. The molecule has 176 valence electrons. The summed E-state index contributed by atoms with van der Waals surface area (Å²) in [6.07, 6.45) is 10.6. The number of rotatable bonds is 12. The van der Waals surface area contributed by atoms with Gasteiger partial charge in [-0.1, -0.05) is 58.3 Å². The first-order valence-electron chi connectivity index (χ1n) is 9.85. The lowest BCUT2D eigenvalue weighted by molar-refractivity contribution is -0.135. The van der Waals surface area contributed by atoms with Gasteiger partial charge < -0.3 is 30.6 Å². The number of unbranched alkanes of at least 4 members (excludes halogenated alkanes) is 7. The van der Waals surface area contributed by atoms with Gasteiger partial charge >= 0.3 is 0 Å². The Morgan fingerprint density at radius 2 is 0.828 bits per heavy atom. The number of aliphatic hydroxyl groups is 3. The van der Waals surface area contributed by atoms with Gasteiger partial charge in [0.15, 0.2) is 0 Å². The van der Waals surface area contributed by atoms with Crippen molar-refractivity contribution >= 4 is 17.9 Å².